The van der Waals surface area contributed by atoms with Crippen LogP contribution in [0.3, 0.4) is 0 Å². The van der Waals surface area contributed by atoms with Crippen LogP contribution in [0.2, 0.25) is 0 Å². The Hall–Kier alpha value is -3.29. The molecule has 2 rings (SSSR count). The molecule has 0 radical (unpaired) electrons. The summed E-state index contributed by atoms with van der Waals surface area (Å²) in [5.74, 6) is -0.00552. The monoisotopic (exact) mass is 346 g/mol. The number of amides is 1. The number of benzene rings is 1. The Labute approximate surface area is 144 Å². The number of nitrogens with one attached hydrogen (secondary N) is 1. The molecule has 0 bridgehead atoms. The second-order valence-electron chi connectivity index (χ2n) is 4.75. The van der Waals surface area contributed by atoms with Gasteiger partial charge in [0.15, 0.2) is 18.1 Å². The minimum Gasteiger partial charge on any atom is -0.493 e. The number of anilines is 1. The summed E-state index contributed by atoms with van der Waals surface area (Å²) in [6.45, 7) is -0.452. The maximum absolute atomic E-state index is 12.0. The number of carbonyl (C=O) groups is 2. The summed E-state index contributed by atoms with van der Waals surface area (Å²) < 4.78 is 20.5. The van der Waals surface area contributed by atoms with Crippen LogP contribution in [0.15, 0.2) is 36.5 Å². The highest BCUT2D eigenvalue weighted by Crippen LogP contribution is 2.39. The van der Waals surface area contributed by atoms with Crippen LogP contribution in [0.1, 0.15) is 10.5 Å². The average Bonchev–Trinajstić information content (AvgIpc) is 2.65. The molecule has 0 aliphatic carbocycles. The molecule has 0 spiro atoms. The molecular weight excluding hydrogens is 328 g/mol. The summed E-state index contributed by atoms with van der Waals surface area (Å²) in [6, 6.07) is 7.96. The number of carbonyl (C=O) groups excluding carboxylic acids is 2. The van der Waals surface area contributed by atoms with Crippen molar-refractivity contribution in [2.75, 3.05) is 33.3 Å². The molecule has 0 saturated carbocycles. The minimum absolute atomic E-state index is 0.128. The van der Waals surface area contributed by atoms with Gasteiger partial charge in [-0.05, 0) is 12.1 Å². The molecule has 0 unspecified atom stereocenters. The van der Waals surface area contributed by atoms with E-state index < -0.39 is 18.5 Å². The number of hydrogen-bond donors (Lipinski definition) is 1. The van der Waals surface area contributed by atoms with Crippen LogP contribution >= 0.6 is 0 Å². The van der Waals surface area contributed by atoms with Gasteiger partial charge in [0.05, 0.1) is 21.3 Å². The number of rotatable bonds is 7. The van der Waals surface area contributed by atoms with Crippen LogP contribution in [-0.2, 0) is 9.53 Å². The lowest BCUT2D eigenvalue weighted by molar-refractivity contribution is -0.119. The lowest BCUT2D eigenvalue weighted by Gasteiger charge is -2.14. The van der Waals surface area contributed by atoms with Gasteiger partial charge in [0, 0.05) is 24.0 Å². The van der Waals surface area contributed by atoms with Crippen molar-refractivity contribution >= 4 is 17.6 Å². The van der Waals surface area contributed by atoms with Crippen LogP contribution in [0.4, 0.5) is 5.69 Å². The molecule has 0 atom stereocenters. The van der Waals surface area contributed by atoms with E-state index in [1.54, 1.807) is 24.3 Å². The molecule has 0 saturated heterocycles. The minimum atomic E-state index is -0.680. The maximum atomic E-state index is 12.0. The number of pyridine rings is 1. The third kappa shape index (κ3) is 4.60. The van der Waals surface area contributed by atoms with Crippen molar-refractivity contribution in [1.82, 2.24) is 4.98 Å². The molecule has 1 N–H and O–H groups in total. The van der Waals surface area contributed by atoms with Crippen LogP contribution in [0, 0.1) is 0 Å². The van der Waals surface area contributed by atoms with Gasteiger partial charge >= 0.3 is 5.97 Å². The predicted octanol–water partition coefficient (Wildman–Crippen LogP) is 1.90. The summed E-state index contributed by atoms with van der Waals surface area (Å²) in [6.07, 6.45) is 1.46. The predicted molar refractivity (Wildman–Crippen MR) is 89.2 cm³/mol. The van der Waals surface area contributed by atoms with Gasteiger partial charge in [-0.3, -0.25) is 4.79 Å². The molecule has 0 aliphatic rings. The van der Waals surface area contributed by atoms with Crippen LogP contribution in [-0.4, -0.2) is 44.8 Å². The van der Waals surface area contributed by atoms with Crippen molar-refractivity contribution in [1.29, 1.82) is 0 Å². The highest BCUT2D eigenvalue weighted by molar-refractivity contribution is 5.95. The van der Waals surface area contributed by atoms with Gasteiger partial charge < -0.3 is 24.3 Å². The molecule has 1 aromatic heterocycles. The van der Waals surface area contributed by atoms with Gasteiger partial charge in [0.2, 0.25) is 5.75 Å². The molecule has 8 heteroatoms. The van der Waals surface area contributed by atoms with Gasteiger partial charge in [0.25, 0.3) is 5.91 Å². The van der Waals surface area contributed by atoms with Gasteiger partial charge in [0.1, 0.15) is 5.69 Å². The molecule has 0 fully saturated rings. The number of aromatic nitrogens is 1. The lowest BCUT2D eigenvalue weighted by Crippen LogP contribution is -2.21. The highest BCUT2D eigenvalue weighted by Gasteiger charge is 2.15. The summed E-state index contributed by atoms with van der Waals surface area (Å²) in [4.78, 5) is 27.6. The summed E-state index contributed by atoms with van der Waals surface area (Å²) in [5, 5.41) is 2.60. The first kappa shape index (κ1) is 18.1. The fraction of sp³-hybridized carbons (Fsp3) is 0.235. The Bertz CT molecular complexity index is 723. The van der Waals surface area contributed by atoms with Gasteiger partial charge in [-0.1, -0.05) is 6.07 Å². The Kier molecular flexibility index (Phi) is 6.16. The summed E-state index contributed by atoms with van der Waals surface area (Å²) in [5.41, 5.74) is 0.538. The number of nitrogens with zero attached hydrogens (tertiary/aromatic N) is 1. The van der Waals surface area contributed by atoms with E-state index in [0.717, 1.165) is 0 Å². The summed E-state index contributed by atoms with van der Waals surface area (Å²) >= 11 is 0. The Balaban J connectivity index is 2.02. The molecule has 2 aromatic rings. The van der Waals surface area contributed by atoms with E-state index in [0.29, 0.717) is 22.9 Å². The number of methoxy groups -OCH3 is 3. The van der Waals surface area contributed by atoms with Crippen molar-refractivity contribution in [3.05, 3.63) is 42.2 Å². The topological polar surface area (TPSA) is 96.0 Å². The largest absolute Gasteiger partial charge is 0.493 e. The van der Waals surface area contributed by atoms with Gasteiger partial charge in [-0.2, -0.15) is 0 Å². The molecule has 25 heavy (non-hydrogen) atoms. The van der Waals surface area contributed by atoms with E-state index in [-0.39, 0.29) is 5.69 Å². The molecule has 0 aliphatic heterocycles. The van der Waals surface area contributed by atoms with E-state index in [9.17, 15) is 9.59 Å². The Morgan fingerprint density at radius 3 is 2.24 bits per heavy atom. The molecular formula is C17H18N2O6. The molecule has 1 amide bonds. The van der Waals surface area contributed by atoms with E-state index in [4.69, 9.17) is 18.9 Å². The molecule has 132 valence electrons. The fourth-order valence-electron chi connectivity index (χ4n) is 2.04. The van der Waals surface area contributed by atoms with E-state index in [1.807, 2.05) is 0 Å². The smallest absolute Gasteiger partial charge is 0.357 e. The van der Waals surface area contributed by atoms with E-state index in [1.165, 1.54) is 33.6 Å². The van der Waals surface area contributed by atoms with E-state index >= 15 is 0 Å². The molecule has 1 heterocycles. The van der Waals surface area contributed by atoms with Gasteiger partial charge in [-0.15, -0.1) is 0 Å². The molecule has 1 aromatic carbocycles. The number of esters is 1. The second-order valence-corrected chi connectivity index (χ2v) is 4.75. The maximum Gasteiger partial charge on any atom is 0.357 e. The highest BCUT2D eigenvalue weighted by atomic mass is 16.5. The first-order chi connectivity index (χ1) is 12.1. The van der Waals surface area contributed by atoms with Crippen LogP contribution < -0.4 is 19.5 Å². The number of hydrogen-bond acceptors (Lipinski definition) is 7. The van der Waals surface area contributed by atoms with Crippen LogP contribution in [0.25, 0.3) is 0 Å². The van der Waals surface area contributed by atoms with E-state index in [2.05, 4.69) is 10.3 Å². The normalized spacial score (nSPS) is 9.88. The van der Waals surface area contributed by atoms with Crippen molar-refractivity contribution in [2.24, 2.45) is 0 Å². The van der Waals surface area contributed by atoms with Crippen molar-refractivity contribution in [2.45, 2.75) is 0 Å². The molecule has 8 nitrogen and oxygen atoms in total. The first-order valence-corrected chi connectivity index (χ1v) is 7.27. The quantitative estimate of drug-likeness (QED) is 0.765. The van der Waals surface area contributed by atoms with Crippen LogP contribution in [0.5, 0.6) is 17.2 Å². The third-order valence-electron chi connectivity index (χ3n) is 3.16. The standard InChI is InChI=1S/C17H18N2O6/c1-22-13-8-11(9-14(23-2)16(13)24-3)19-15(20)10-25-17(21)12-6-4-5-7-18-12/h4-9H,10H2,1-3H3,(H,19,20). The van der Waals surface area contributed by atoms with Crippen molar-refractivity contribution in [3.8, 4) is 17.2 Å². The first-order valence-electron chi connectivity index (χ1n) is 7.27. The Morgan fingerprint density at radius 1 is 1.04 bits per heavy atom. The lowest BCUT2D eigenvalue weighted by atomic mass is 10.2. The zero-order valence-electron chi connectivity index (χ0n) is 14.1. The third-order valence-corrected chi connectivity index (χ3v) is 3.16. The Morgan fingerprint density at radius 2 is 1.72 bits per heavy atom. The second kappa shape index (κ2) is 8.53. The SMILES string of the molecule is COc1cc(NC(=O)COC(=O)c2ccccn2)cc(OC)c1OC. The zero-order valence-corrected chi connectivity index (χ0v) is 14.1. The summed E-state index contributed by atoms with van der Waals surface area (Å²) in [7, 11) is 4.42. The zero-order chi connectivity index (χ0) is 18.2. The average molecular weight is 346 g/mol. The van der Waals surface area contributed by atoms with Crippen molar-refractivity contribution < 1.29 is 28.5 Å². The fourth-order valence-corrected chi connectivity index (χ4v) is 2.04. The van der Waals surface area contributed by atoms with Crippen molar-refractivity contribution in [3.63, 3.8) is 0 Å². The van der Waals surface area contributed by atoms with Gasteiger partial charge in [-0.25, -0.2) is 9.78 Å². The number of ether oxygens (including phenoxy) is 4.